The third kappa shape index (κ3) is 4.44. The summed E-state index contributed by atoms with van der Waals surface area (Å²) in [4.78, 5) is 34.0. The number of nitro groups is 1. The van der Waals surface area contributed by atoms with Gasteiger partial charge in [-0.05, 0) is 25.5 Å². The number of rotatable bonds is 7. The van der Waals surface area contributed by atoms with Gasteiger partial charge in [0.05, 0.1) is 10.5 Å². The third-order valence-electron chi connectivity index (χ3n) is 2.90. The molecule has 2 N–H and O–H groups in total. The number of carbonyl (C=O) groups is 2. The van der Waals surface area contributed by atoms with Crippen LogP contribution >= 0.6 is 0 Å². The Morgan fingerprint density at radius 2 is 2.09 bits per heavy atom. The predicted octanol–water partition coefficient (Wildman–Crippen LogP) is 1.71. The van der Waals surface area contributed by atoms with E-state index >= 15 is 0 Å². The van der Waals surface area contributed by atoms with Crippen molar-refractivity contribution in [2.45, 2.75) is 26.4 Å². The second-order valence-electron chi connectivity index (χ2n) is 4.58. The van der Waals surface area contributed by atoms with E-state index in [1.165, 1.54) is 19.1 Å². The number of nitro benzene ring substituents is 1. The second kappa shape index (κ2) is 7.96. The largest absolute Gasteiger partial charge is 0.449 e. The highest BCUT2D eigenvalue weighted by Crippen LogP contribution is 2.25. The summed E-state index contributed by atoms with van der Waals surface area (Å²) in [5.74, 6) is -1.19. The van der Waals surface area contributed by atoms with Crippen LogP contribution in [0, 0.1) is 10.1 Å². The van der Waals surface area contributed by atoms with Crippen molar-refractivity contribution in [3.63, 3.8) is 0 Å². The van der Waals surface area contributed by atoms with Crippen molar-refractivity contribution in [1.82, 2.24) is 5.32 Å². The van der Waals surface area contributed by atoms with Crippen LogP contribution in [0.1, 0.15) is 30.6 Å². The number of esters is 1. The molecule has 0 radical (unpaired) electrons. The number of hydrogen-bond donors (Lipinski definition) is 2. The maximum Gasteiger partial charge on any atom is 0.339 e. The Morgan fingerprint density at radius 3 is 2.64 bits per heavy atom. The molecule has 1 aromatic carbocycles. The second-order valence-corrected chi connectivity index (χ2v) is 4.58. The minimum atomic E-state index is -0.970. The fourth-order valence-corrected chi connectivity index (χ4v) is 1.70. The van der Waals surface area contributed by atoms with Gasteiger partial charge in [0.15, 0.2) is 6.10 Å². The zero-order chi connectivity index (χ0) is 16.7. The van der Waals surface area contributed by atoms with E-state index in [0.29, 0.717) is 6.54 Å². The van der Waals surface area contributed by atoms with Gasteiger partial charge in [-0.15, -0.1) is 0 Å². The van der Waals surface area contributed by atoms with Crippen molar-refractivity contribution in [3.05, 3.63) is 33.9 Å². The average molecular weight is 309 g/mol. The Balaban J connectivity index is 2.83. The summed E-state index contributed by atoms with van der Waals surface area (Å²) in [6, 6.07) is 3.93. The lowest BCUT2D eigenvalue weighted by Gasteiger charge is -2.13. The molecule has 0 saturated carbocycles. The van der Waals surface area contributed by atoms with Crippen molar-refractivity contribution >= 4 is 23.3 Å². The van der Waals surface area contributed by atoms with Crippen LogP contribution in [0.4, 0.5) is 11.4 Å². The van der Waals surface area contributed by atoms with E-state index in [0.717, 1.165) is 12.5 Å². The van der Waals surface area contributed by atoms with Gasteiger partial charge in [0.25, 0.3) is 11.6 Å². The van der Waals surface area contributed by atoms with Gasteiger partial charge in [0.1, 0.15) is 5.69 Å². The van der Waals surface area contributed by atoms with Crippen LogP contribution in [0.5, 0.6) is 0 Å². The maximum atomic E-state index is 12.0. The number of anilines is 1. The molecule has 0 aliphatic carbocycles. The summed E-state index contributed by atoms with van der Waals surface area (Å²) in [5.41, 5.74) is 0.0659. The summed E-state index contributed by atoms with van der Waals surface area (Å²) < 4.78 is 5.01. The Bertz CT molecular complexity index is 574. The van der Waals surface area contributed by atoms with Gasteiger partial charge in [-0.1, -0.05) is 6.92 Å². The molecule has 0 aromatic heterocycles. The van der Waals surface area contributed by atoms with Crippen LogP contribution < -0.4 is 10.6 Å². The fourth-order valence-electron chi connectivity index (χ4n) is 1.70. The monoisotopic (exact) mass is 309 g/mol. The van der Waals surface area contributed by atoms with Crippen molar-refractivity contribution in [2.75, 3.05) is 18.9 Å². The van der Waals surface area contributed by atoms with Gasteiger partial charge < -0.3 is 15.4 Å². The molecule has 1 amide bonds. The quantitative estimate of drug-likeness (QED) is 0.450. The minimum Gasteiger partial charge on any atom is -0.449 e. The molecule has 0 heterocycles. The molecule has 8 nitrogen and oxygen atoms in total. The molecular weight excluding hydrogens is 290 g/mol. The molecule has 8 heteroatoms. The number of nitrogens with one attached hydrogen (secondary N) is 2. The standard InChI is InChI=1S/C14H19N3O5/c1-4-7-16-13(18)9(2)22-14(19)10-5-6-11(15-3)12(8-10)17(20)21/h5-6,8-9,15H,4,7H2,1-3H3,(H,16,18)/t9-/m0/s1. The van der Waals surface area contributed by atoms with E-state index in [9.17, 15) is 19.7 Å². The first-order chi connectivity index (χ1) is 10.4. The van der Waals surface area contributed by atoms with E-state index in [1.54, 1.807) is 7.05 Å². The lowest BCUT2D eigenvalue weighted by Crippen LogP contribution is -2.36. The number of nitrogens with zero attached hydrogens (tertiary/aromatic N) is 1. The number of hydrogen-bond acceptors (Lipinski definition) is 6. The molecule has 0 aliphatic heterocycles. The van der Waals surface area contributed by atoms with Gasteiger partial charge in [-0.3, -0.25) is 14.9 Å². The lowest BCUT2D eigenvalue weighted by molar-refractivity contribution is -0.384. The minimum absolute atomic E-state index is 0.0147. The third-order valence-corrected chi connectivity index (χ3v) is 2.90. The molecular formula is C14H19N3O5. The Kier molecular flexibility index (Phi) is 6.30. The predicted molar refractivity (Wildman–Crippen MR) is 80.8 cm³/mol. The topological polar surface area (TPSA) is 111 Å². The highest BCUT2D eigenvalue weighted by Gasteiger charge is 2.21. The van der Waals surface area contributed by atoms with E-state index in [1.807, 2.05) is 6.92 Å². The van der Waals surface area contributed by atoms with Gasteiger partial charge in [0.2, 0.25) is 0 Å². The maximum absolute atomic E-state index is 12.0. The van der Waals surface area contributed by atoms with Crippen molar-refractivity contribution in [2.24, 2.45) is 0 Å². The van der Waals surface area contributed by atoms with E-state index in [-0.39, 0.29) is 16.9 Å². The molecule has 22 heavy (non-hydrogen) atoms. The number of ether oxygens (including phenoxy) is 1. The molecule has 120 valence electrons. The number of carbonyl (C=O) groups excluding carboxylic acids is 2. The Morgan fingerprint density at radius 1 is 1.41 bits per heavy atom. The van der Waals surface area contributed by atoms with Crippen LogP contribution in [0.2, 0.25) is 0 Å². The van der Waals surface area contributed by atoms with Crippen LogP contribution in [-0.4, -0.2) is 36.5 Å². The first kappa shape index (κ1) is 17.4. The highest BCUT2D eigenvalue weighted by molar-refractivity contribution is 5.93. The normalized spacial score (nSPS) is 11.4. The van der Waals surface area contributed by atoms with Gasteiger partial charge >= 0.3 is 5.97 Å². The van der Waals surface area contributed by atoms with E-state index < -0.39 is 22.9 Å². The SMILES string of the molecule is CCCNC(=O)[C@H](C)OC(=O)c1ccc(NC)c([N+](=O)[O-])c1. The molecule has 1 atom stereocenters. The molecule has 0 unspecified atom stereocenters. The van der Waals surface area contributed by atoms with E-state index in [4.69, 9.17) is 4.74 Å². The molecule has 0 bridgehead atoms. The summed E-state index contributed by atoms with van der Waals surface area (Å²) >= 11 is 0. The van der Waals surface area contributed by atoms with Crippen LogP contribution in [0.15, 0.2) is 18.2 Å². The average Bonchev–Trinajstić information content (AvgIpc) is 2.51. The Hall–Kier alpha value is -2.64. The summed E-state index contributed by atoms with van der Waals surface area (Å²) in [5, 5.41) is 16.2. The summed E-state index contributed by atoms with van der Waals surface area (Å²) in [7, 11) is 1.54. The summed E-state index contributed by atoms with van der Waals surface area (Å²) in [6.07, 6.45) is -0.202. The zero-order valence-corrected chi connectivity index (χ0v) is 12.7. The molecule has 0 fully saturated rings. The van der Waals surface area contributed by atoms with Crippen LogP contribution in [-0.2, 0) is 9.53 Å². The van der Waals surface area contributed by atoms with E-state index in [2.05, 4.69) is 10.6 Å². The van der Waals surface area contributed by atoms with Gasteiger partial charge in [-0.2, -0.15) is 0 Å². The molecule has 0 saturated heterocycles. The molecule has 1 aromatic rings. The van der Waals surface area contributed by atoms with Crippen LogP contribution in [0.3, 0.4) is 0 Å². The first-order valence-electron chi connectivity index (χ1n) is 6.85. The smallest absolute Gasteiger partial charge is 0.339 e. The molecule has 1 rings (SSSR count). The number of benzene rings is 1. The van der Waals surface area contributed by atoms with Gasteiger partial charge in [-0.25, -0.2) is 4.79 Å². The zero-order valence-electron chi connectivity index (χ0n) is 12.7. The van der Waals surface area contributed by atoms with Crippen molar-refractivity contribution in [1.29, 1.82) is 0 Å². The molecule has 0 aliphatic rings. The lowest BCUT2D eigenvalue weighted by atomic mass is 10.1. The first-order valence-corrected chi connectivity index (χ1v) is 6.85. The fraction of sp³-hybridized carbons (Fsp3) is 0.429. The Labute approximate surface area is 128 Å². The summed E-state index contributed by atoms with van der Waals surface area (Å²) in [6.45, 7) is 3.84. The molecule has 0 spiro atoms. The van der Waals surface area contributed by atoms with Crippen molar-refractivity contribution < 1.29 is 19.2 Å². The van der Waals surface area contributed by atoms with Gasteiger partial charge in [0, 0.05) is 19.7 Å². The van der Waals surface area contributed by atoms with Crippen molar-refractivity contribution in [3.8, 4) is 0 Å². The number of amides is 1. The highest BCUT2D eigenvalue weighted by atomic mass is 16.6. The van der Waals surface area contributed by atoms with Crippen LogP contribution in [0.25, 0.3) is 0 Å².